The Labute approximate surface area is 110 Å². The average molecular weight is 260 g/mol. The number of anilines is 1. The largest absolute Gasteiger partial charge is 0.366 e. The van der Waals surface area contributed by atoms with Gasteiger partial charge in [-0.2, -0.15) is 5.10 Å². The van der Waals surface area contributed by atoms with E-state index in [4.69, 9.17) is 0 Å². The van der Waals surface area contributed by atoms with E-state index in [0.29, 0.717) is 0 Å². The van der Waals surface area contributed by atoms with Crippen LogP contribution in [0.2, 0.25) is 0 Å². The van der Waals surface area contributed by atoms with E-state index in [1.54, 1.807) is 11.6 Å². The van der Waals surface area contributed by atoms with Crippen molar-refractivity contribution < 1.29 is 4.79 Å². The first-order chi connectivity index (χ1) is 8.99. The fraction of sp³-hybridized carbons (Fsp3) is 0.308. The summed E-state index contributed by atoms with van der Waals surface area (Å²) in [5.41, 5.74) is 1.77. The number of nitrogens with one attached hydrogen (secondary N) is 2. The van der Waals surface area contributed by atoms with Crippen molar-refractivity contribution in [2.24, 2.45) is 0 Å². The Morgan fingerprint density at radius 2 is 2.21 bits per heavy atom. The molecule has 0 bridgehead atoms. The molecule has 0 radical (unpaired) electrons. The predicted octanol–water partition coefficient (Wildman–Crippen LogP) is 1.39. The van der Waals surface area contributed by atoms with Gasteiger partial charge in [-0.05, 0) is 26.8 Å². The van der Waals surface area contributed by atoms with Crippen LogP contribution in [-0.4, -0.2) is 20.7 Å². The molecule has 1 atom stereocenters. The summed E-state index contributed by atoms with van der Waals surface area (Å²) >= 11 is 0. The highest BCUT2D eigenvalue weighted by molar-refractivity contribution is 5.93. The van der Waals surface area contributed by atoms with Gasteiger partial charge in [0.25, 0.3) is 0 Å². The number of H-pyrrole nitrogens is 1. The molecule has 0 aliphatic carbocycles. The van der Waals surface area contributed by atoms with Gasteiger partial charge >= 0.3 is 0 Å². The molecule has 1 amide bonds. The number of rotatable bonds is 3. The minimum atomic E-state index is -0.478. The van der Waals surface area contributed by atoms with Crippen molar-refractivity contribution in [3.05, 3.63) is 46.1 Å². The zero-order chi connectivity index (χ0) is 14.0. The molecule has 6 heteroatoms. The lowest BCUT2D eigenvalue weighted by Gasteiger charge is -2.14. The maximum atomic E-state index is 12.1. The minimum Gasteiger partial charge on any atom is -0.366 e. The van der Waals surface area contributed by atoms with Crippen molar-refractivity contribution in [1.82, 2.24) is 14.8 Å². The Balaban J connectivity index is 2.19. The lowest BCUT2D eigenvalue weighted by Crippen LogP contribution is -2.27. The molecule has 2 aromatic heterocycles. The third-order valence-corrected chi connectivity index (χ3v) is 2.87. The first-order valence-corrected chi connectivity index (χ1v) is 6.00. The third-order valence-electron chi connectivity index (χ3n) is 2.87. The zero-order valence-corrected chi connectivity index (χ0v) is 11.1. The van der Waals surface area contributed by atoms with E-state index in [2.05, 4.69) is 15.4 Å². The van der Waals surface area contributed by atoms with Gasteiger partial charge < -0.3 is 10.3 Å². The molecule has 2 N–H and O–H groups in total. The minimum absolute atomic E-state index is 0.229. The molecule has 0 saturated heterocycles. The van der Waals surface area contributed by atoms with Crippen LogP contribution in [0.1, 0.15) is 24.4 Å². The number of aromatic amines is 1. The lowest BCUT2D eigenvalue weighted by atomic mass is 10.3. The van der Waals surface area contributed by atoms with Gasteiger partial charge in [0.15, 0.2) is 0 Å². The molecule has 2 aromatic rings. The smallest absolute Gasteiger partial charge is 0.249 e. The van der Waals surface area contributed by atoms with Gasteiger partial charge in [-0.1, -0.05) is 0 Å². The summed E-state index contributed by atoms with van der Waals surface area (Å²) in [4.78, 5) is 26.4. The van der Waals surface area contributed by atoms with E-state index in [-0.39, 0.29) is 17.0 Å². The lowest BCUT2D eigenvalue weighted by molar-refractivity contribution is -0.119. The molecule has 0 unspecified atom stereocenters. The quantitative estimate of drug-likeness (QED) is 0.875. The molecular formula is C13H16N4O2. The molecule has 19 heavy (non-hydrogen) atoms. The van der Waals surface area contributed by atoms with E-state index in [0.717, 1.165) is 11.4 Å². The Morgan fingerprint density at radius 3 is 2.79 bits per heavy atom. The van der Waals surface area contributed by atoms with Crippen molar-refractivity contribution in [1.29, 1.82) is 0 Å². The second-order valence-corrected chi connectivity index (χ2v) is 4.46. The second kappa shape index (κ2) is 5.09. The molecule has 0 aliphatic rings. The summed E-state index contributed by atoms with van der Waals surface area (Å²) in [5.74, 6) is -0.275. The summed E-state index contributed by atoms with van der Waals surface area (Å²) in [6.07, 6.45) is 2.98. The maximum absolute atomic E-state index is 12.1. The Bertz CT molecular complexity index is 657. The van der Waals surface area contributed by atoms with Gasteiger partial charge in [0, 0.05) is 24.2 Å². The van der Waals surface area contributed by atoms with Crippen molar-refractivity contribution >= 4 is 11.6 Å². The Morgan fingerprint density at radius 1 is 1.47 bits per heavy atom. The number of aromatic nitrogens is 3. The fourth-order valence-corrected chi connectivity index (χ4v) is 1.90. The molecule has 0 aliphatic heterocycles. The van der Waals surface area contributed by atoms with E-state index in [1.807, 2.05) is 19.9 Å². The molecule has 0 aromatic carbocycles. The van der Waals surface area contributed by atoms with Gasteiger partial charge in [-0.25, -0.2) is 0 Å². The van der Waals surface area contributed by atoms with Gasteiger partial charge in [0.05, 0.1) is 5.69 Å². The predicted molar refractivity (Wildman–Crippen MR) is 72.1 cm³/mol. The standard InChI is InChI=1S/C13H16N4O2/c1-8-6-9(2)17(16-8)10(3)13(19)15-11-7-14-5-4-12(11)18/h4-7,10H,1-3H3,(H,14,18)(H,15,19)/t10-/m0/s1. The van der Waals surface area contributed by atoms with Gasteiger partial charge in [-0.15, -0.1) is 0 Å². The topological polar surface area (TPSA) is 79.8 Å². The number of carbonyl (C=O) groups excluding carboxylic acids is 1. The zero-order valence-electron chi connectivity index (χ0n) is 11.1. The Hall–Kier alpha value is -2.37. The fourth-order valence-electron chi connectivity index (χ4n) is 1.90. The molecule has 0 saturated carbocycles. The highest BCUT2D eigenvalue weighted by Gasteiger charge is 2.18. The van der Waals surface area contributed by atoms with Crippen LogP contribution < -0.4 is 10.7 Å². The van der Waals surface area contributed by atoms with Crippen LogP contribution in [0.3, 0.4) is 0 Å². The molecule has 6 nitrogen and oxygen atoms in total. The number of nitrogens with zero attached hydrogens (tertiary/aromatic N) is 2. The Kier molecular flexibility index (Phi) is 3.50. The summed E-state index contributed by atoms with van der Waals surface area (Å²) in [6, 6.07) is 2.79. The van der Waals surface area contributed by atoms with Crippen LogP contribution in [0, 0.1) is 13.8 Å². The van der Waals surface area contributed by atoms with E-state index >= 15 is 0 Å². The van der Waals surface area contributed by atoms with Crippen LogP contribution >= 0.6 is 0 Å². The van der Waals surface area contributed by atoms with Crippen molar-refractivity contribution in [2.75, 3.05) is 5.32 Å². The van der Waals surface area contributed by atoms with E-state index in [1.165, 1.54) is 18.5 Å². The van der Waals surface area contributed by atoms with Gasteiger partial charge in [0.2, 0.25) is 11.3 Å². The number of carbonyl (C=O) groups is 1. The second-order valence-electron chi connectivity index (χ2n) is 4.46. The van der Waals surface area contributed by atoms with Crippen LogP contribution in [0.4, 0.5) is 5.69 Å². The SMILES string of the molecule is Cc1cc(C)n([C@@H](C)C(=O)Nc2c[nH]ccc2=O)n1. The molecule has 0 spiro atoms. The molecule has 2 heterocycles. The number of amides is 1. The molecular weight excluding hydrogens is 244 g/mol. The maximum Gasteiger partial charge on any atom is 0.249 e. The monoisotopic (exact) mass is 260 g/mol. The summed E-state index contributed by atoms with van der Waals surface area (Å²) in [7, 11) is 0. The summed E-state index contributed by atoms with van der Waals surface area (Å²) in [6.45, 7) is 5.50. The highest BCUT2D eigenvalue weighted by atomic mass is 16.2. The van der Waals surface area contributed by atoms with Crippen molar-refractivity contribution in [2.45, 2.75) is 26.8 Å². The first kappa shape index (κ1) is 13.1. The number of hydrogen-bond donors (Lipinski definition) is 2. The van der Waals surface area contributed by atoms with E-state index in [9.17, 15) is 9.59 Å². The number of hydrogen-bond acceptors (Lipinski definition) is 3. The summed E-state index contributed by atoms with van der Waals surface area (Å²) < 4.78 is 1.64. The van der Waals surface area contributed by atoms with Gasteiger partial charge in [0.1, 0.15) is 11.7 Å². The van der Waals surface area contributed by atoms with Crippen LogP contribution in [0.5, 0.6) is 0 Å². The van der Waals surface area contributed by atoms with Crippen LogP contribution in [0.25, 0.3) is 0 Å². The van der Waals surface area contributed by atoms with Crippen LogP contribution in [-0.2, 0) is 4.79 Å². The van der Waals surface area contributed by atoms with Crippen molar-refractivity contribution in [3.8, 4) is 0 Å². The van der Waals surface area contributed by atoms with E-state index < -0.39 is 6.04 Å². The normalized spacial score (nSPS) is 12.2. The molecule has 2 rings (SSSR count). The number of aryl methyl sites for hydroxylation is 2. The van der Waals surface area contributed by atoms with Crippen molar-refractivity contribution in [3.63, 3.8) is 0 Å². The highest BCUT2D eigenvalue weighted by Crippen LogP contribution is 2.12. The van der Waals surface area contributed by atoms with Gasteiger partial charge in [-0.3, -0.25) is 14.3 Å². The third kappa shape index (κ3) is 2.73. The molecule has 0 fully saturated rings. The average Bonchev–Trinajstić information content (AvgIpc) is 2.70. The molecule has 100 valence electrons. The van der Waals surface area contributed by atoms with Crippen LogP contribution in [0.15, 0.2) is 29.3 Å². The first-order valence-electron chi connectivity index (χ1n) is 6.00. The number of pyridine rings is 1. The summed E-state index contributed by atoms with van der Waals surface area (Å²) in [5, 5.41) is 6.87.